The molecule has 1 heterocycles. The van der Waals surface area contributed by atoms with Gasteiger partial charge in [0.05, 0.1) is 12.7 Å². The van der Waals surface area contributed by atoms with E-state index < -0.39 is 0 Å². The van der Waals surface area contributed by atoms with E-state index in [1.807, 2.05) is 13.1 Å². The standard InChI is InChI=1S/C11H15NO/c1-12-10(11-8-13-11)7-9-5-3-2-4-6-9/h2-6,10-12H,7-8H2,1H3/t10-,11-/m0/s1. The van der Waals surface area contributed by atoms with Gasteiger partial charge in [0.15, 0.2) is 0 Å². The van der Waals surface area contributed by atoms with Crippen LogP contribution in [0.4, 0.5) is 0 Å². The van der Waals surface area contributed by atoms with Gasteiger partial charge in [-0.3, -0.25) is 0 Å². The van der Waals surface area contributed by atoms with E-state index in [0.29, 0.717) is 12.1 Å². The summed E-state index contributed by atoms with van der Waals surface area (Å²) in [4.78, 5) is 0. The van der Waals surface area contributed by atoms with Gasteiger partial charge >= 0.3 is 0 Å². The van der Waals surface area contributed by atoms with Crippen molar-refractivity contribution >= 4 is 0 Å². The summed E-state index contributed by atoms with van der Waals surface area (Å²) in [6.45, 7) is 0.915. The van der Waals surface area contributed by atoms with E-state index in [1.165, 1.54) is 5.56 Å². The monoisotopic (exact) mass is 177 g/mol. The summed E-state index contributed by atoms with van der Waals surface area (Å²) in [5, 5.41) is 3.29. The van der Waals surface area contributed by atoms with Crippen LogP contribution in [0.25, 0.3) is 0 Å². The molecule has 1 fully saturated rings. The second-order valence-corrected chi connectivity index (χ2v) is 3.46. The molecule has 0 bridgehead atoms. The average molecular weight is 177 g/mol. The molecular weight excluding hydrogens is 162 g/mol. The first-order valence-corrected chi connectivity index (χ1v) is 4.73. The fourth-order valence-corrected chi connectivity index (χ4v) is 1.58. The van der Waals surface area contributed by atoms with Crippen molar-refractivity contribution in [1.29, 1.82) is 0 Å². The summed E-state index contributed by atoms with van der Waals surface area (Å²) in [6.07, 6.45) is 1.49. The van der Waals surface area contributed by atoms with Gasteiger partial charge in [-0.2, -0.15) is 0 Å². The van der Waals surface area contributed by atoms with Crippen LogP contribution in [0.5, 0.6) is 0 Å². The van der Waals surface area contributed by atoms with Gasteiger partial charge in [0.1, 0.15) is 0 Å². The molecule has 0 saturated carbocycles. The van der Waals surface area contributed by atoms with Crippen LogP contribution in [-0.4, -0.2) is 25.8 Å². The molecule has 1 aliphatic heterocycles. The molecule has 1 aromatic rings. The molecule has 0 aliphatic carbocycles. The van der Waals surface area contributed by atoms with Crippen molar-refractivity contribution in [3.8, 4) is 0 Å². The van der Waals surface area contributed by atoms with Gasteiger partial charge in [-0.15, -0.1) is 0 Å². The highest BCUT2D eigenvalue weighted by atomic mass is 16.6. The first-order valence-electron chi connectivity index (χ1n) is 4.73. The Hall–Kier alpha value is -0.860. The Labute approximate surface area is 78.9 Å². The molecule has 2 atom stereocenters. The summed E-state index contributed by atoms with van der Waals surface area (Å²) in [5.41, 5.74) is 1.37. The highest BCUT2D eigenvalue weighted by Gasteiger charge is 2.31. The molecule has 1 saturated heterocycles. The van der Waals surface area contributed by atoms with Crippen molar-refractivity contribution in [3.63, 3.8) is 0 Å². The van der Waals surface area contributed by atoms with Crippen LogP contribution in [0.3, 0.4) is 0 Å². The van der Waals surface area contributed by atoms with Crippen molar-refractivity contribution in [2.45, 2.75) is 18.6 Å². The lowest BCUT2D eigenvalue weighted by Crippen LogP contribution is -2.32. The number of epoxide rings is 1. The Balaban J connectivity index is 1.95. The molecule has 13 heavy (non-hydrogen) atoms. The SMILES string of the molecule is CN[C@@H](Cc1ccccc1)[C@@H]1CO1. The van der Waals surface area contributed by atoms with E-state index in [4.69, 9.17) is 4.74 Å². The molecule has 2 heteroatoms. The number of nitrogens with one attached hydrogen (secondary N) is 1. The normalized spacial score (nSPS) is 22.7. The van der Waals surface area contributed by atoms with Gasteiger partial charge in [0.25, 0.3) is 0 Å². The highest BCUT2D eigenvalue weighted by molar-refractivity contribution is 5.16. The molecule has 2 rings (SSSR count). The number of hydrogen-bond acceptors (Lipinski definition) is 2. The van der Waals surface area contributed by atoms with Gasteiger partial charge < -0.3 is 10.1 Å². The van der Waals surface area contributed by atoms with E-state index in [2.05, 4.69) is 29.6 Å². The molecule has 2 nitrogen and oxygen atoms in total. The lowest BCUT2D eigenvalue weighted by atomic mass is 10.0. The molecule has 70 valence electrons. The summed E-state index contributed by atoms with van der Waals surface area (Å²) in [7, 11) is 2.00. The smallest absolute Gasteiger partial charge is 0.0965 e. The fraction of sp³-hybridized carbons (Fsp3) is 0.455. The molecule has 1 aliphatic rings. The Kier molecular flexibility index (Phi) is 2.62. The Bertz CT molecular complexity index is 256. The van der Waals surface area contributed by atoms with Crippen LogP contribution >= 0.6 is 0 Å². The van der Waals surface area contributed by atoms with Crippen LogP contribution in [0.15, 0.2) is 30.3 Å². The second kappa shape index (κ2) is 3.90. The van der Waals surface area contributed by atoms with Crippen molar-refractivity contribution in [2.75, 3.05) is 13.7 Å². The largest absolute Gasteiger partial charge is 0.371 e. The molecule has 0 unspecified atom stereocenters. The lowest BCUT2D eigenvalue weighted by molar-refractivity contribution is 0.349. The predicted octanol–water partition coefficient (Wildman–Crippen LogP) is 1.22. The van der Waals surface area contributed by atoms with E-state index in [0.717, 1.165) is 13.0 Å². The summed E-state index contributed by atoms with van der Waals surface area (Å²) < 4.78 is 5.27. The summed E-state index contributed by atoms with van der Waals surface area (Å²) in [6, 6.07) is 11.0. The molecule has 1 N–H and O–H groups in total. The van der Waals surface area contributed by atoms with Crippen LogP contribution in [-0.2, 0) is 11.2 Å². The zero-order valence-electron chi connectivity index (χ0n) is 7.86. The predicted molar refractivity (Wildman–Crippen MR) is 52.7 cm³/mol. The maximum atomic E-state index is 5.27. The van der Waals surface area contributed by atoms with Gasteiger partial charge in [-0.25, -0.2) is 0 Å². The highest BCUT2D eigenvalue weighted by Crippen LogP contribution is 2.17. The zero-order chi connectivity index (χ0) is 9.10. The third-order valence-corrected chi connectivity index (χ3v) is 2.48. The molecule has 0 radical (unpaired) electrons. The maximum absolute atomic E-state index is 5.27. The van der Waals surface area contributed by atoms with Gasteiger partial charge in [0.2, 0.25) is 0 Å². The van der Waals surface area contributed by atoms with Crippen LogP contribution in [0.1, 0.15) is 5.56 Å². The van der Waals surface area contributed by atoms with Crippen LogP contribution in [0, 0.1) is 0 Å². The topological polar surface area (TPSA) is 24.6 Å². The third-order valence-electron chi connectivity index (χ3n) is 2.48. The minimum Gasteiger partial charge on any atom is -0.371 e. The number of likely N-dealkylation sites (N-methyl/N-ethyl adjacent to an activating group) is 1. The van der Waals surface area contributed by atoms with Crippen molar-refractivity contribution in [3.05, 3.63) is 35.9 Å². The minimum absolute atomic E-state index is 0.435. The minimum atomic E-state index is 0.435. The maximum Gasteiger partial charge on any atom is 0.0965 e. The molecule has 0 amide bonds. The molecular formula is C11H15NO. The first kappa shape index (κ1) is 8.73. The third kappa shape index (κ3) is 2.29. The summed E-state index contributed by atoms with van der Waals surface area (Å²) in [5.74, 6) is 0. The summed E-state index contributed by atoms with van der Waals surface area (Å²) >= 11 is 0. The van der Waals surface area contributed by atoms with Crippen molar-refractivity contribution in [2.24, 2.45) is 0 Å². The van der Waals surface area contributed by atoms with Crippen LogP contribution in [0.2, 0.25) is 0 Å². The van der Waals surface area contributed by atoms with Gasteiger partial charge in [-0.05, 0) is 19.0 Å². The average Bonchev–Trinajstić information content (AvgIpc) is 2.99. The van der Waals surface area contributed by atoms with Gasteiger partial charge in [-0.1, -0.05) is 30.3 Å². The van der Waals surface area contributed by atoms with Gasteiger partial charge in [0, 0.05) is 6.04 Å². The quantitative estimate of drug-likeness (QED) is 0.699. The second-order valence-electron chi connectivity index (χ2n) is 3.46. The zero-order valence-corrected chi connectivity index (χ0v) is 7.86. The molecule has 0 aromatic heterocycles. The number of benzene rings is 1. The fourth-order valence-electron chi connectivity index (χ4n) is 1.58. The van der Waals surface area contributed by atoms with Crippen molar-refractivity contribution in [1.82, 2.24) is 5.32 Å². The Morgan fingerprint density at radius 3 is 2.69 bits per heavy atom. The Morgan fingerprint density at radius 2 is 2.15 bits per heavy atom. The number of ether oxygens (including phenoxy) is 1. The van der Waals surface area contributed by atoms with E-state index >= 15 is 0 Å². The molecule has 0 spiro atoms. The van der Waals surface area contributed by atoms with E-state index in [9.17, 15) is 0 Å². The lowest BCUT2D eigenvalue weighted by Gasteiger charge is -2.12. The Morgan fingerprint density at radius 1 is 1.46 bits per heavy atom. The van der Waals surface area contributed by atoms with E-state index in [1.54, 1.807) is 0 Å². The number of rotatable bonds is 4. The van der Waals surface area contributed by atoms with Crippen molar-refractivity contribution < 1.29 is 4.74 Å². The molecule has 1 aromatic carbocycles. The first-order chi connectivity index (χ1) is 6.40. The van der Waals surface area contributed by atoms with E-state index in [-0.39, 0.29) is 0 Å². The van der Waals surface area contributed by atoms with Crippen LogP contribution < -0.4 is 5.32 Å². The number of hydrogen-bond donors (Lipinski definition) is 1.